The Balaban J connectivity index is 2.16. The van der Waals surface area contributed by atoms with Gasteiger partial charge in [-0.1, -0.05) is 31.2 Å². The molecule has 2 aromatic heterocycles. The van der Waals surface area contributed by atoms with Crippen molar-refractivity contribution in [2.75, 3.05) is 5.73 Å². The van der Waals surface area contributed by atoms with Crippen LogP contribution >= 0.6 is 0 Å². The number of aryl methyl sites for hydroxylation is 1. The predicted octanol–water partition coefficient (Wildman–Crippen LogP) is 2.49. The third kappa shape index (κ3) is 2.03. The summed E-state index contributed by atoms with van der Waals surface area (Å²) in [6, 6.07) is 7.89. The normalized spacial score (nSPS) is 11.0. The van der Waals surface area contributed by atoms with Crippen LogP contribution < -0.4 is 5.73 Å². The Morgan fingerprint density at radius 2 is 1.95 bits per heavy atom. The van der Waals surface area contributed by atoms with E-state index in [1.54, 1.807) is 0 Å². The Morgan fingerprint density at radius 3 is 2.74 bits per heavy atom. The molecule has 0 atom stereocenters. The van der Waals surface area contributed by atoms with E-state index in [2.05, 4.69) is 22.2 Å². The standard InChI is InChI=1S/C14H15N5/c1-2-7-19-9-10(8-16-19)13-11-5-3-4-6-12(11)14(15)18-17-13/h3-6,8-9H,2,7H2,1H3,(H2,15,18). The van der Waals surface area contributed by atoms with Crippen molar-refractivity contribution in [2.24, 2.45) is 0 Å². The number of nitrogen functional groups attached to an aromatic ring is 1. The number of benzene rings is 1. The van der Waals surface area contributed by atoms with Crippen LogP contribution in [-0.2, 0) is 6.54 Å². The van der Waals surface area contributed by atoms with Gasteiger partial charge >= 0.3 is 0 Å². The van der Waals surface area contributed by atoms with Crippen molar-refractivity contribution in [2.45, 2.75) is 19.9 Å². The van der Waals surface area contributed by atoms with Gasteiger partial charge in [0.15, 0.2) is 5.82 Å². The zero-order chi connectivity index (χ0) is 13.2. The summed E-state index contributed by atoms with van der Waals surface area (Å²) in [5, 5.41) is 14.5. The number of nitrogens with zero attached hydrogens (tertiary/aromatic N) is 4. The molecule has 0 bridgehead atoms. The molecule has 2 N–H and O–H groups in total. The SMILES string of the molecule is CCCn1cc(-c2nnc(N)c3ccccc23)cn1. The van der Waals surface area contributed by atoms with Gasteiger partial charge in [-0.15, -0.1) is 10.2 Å². The molecular formula is C14H15N5. The minimum absolute atomic E-state index is 0.459. The van der Waals surface area contributed by atoms with E-state index >= 15 is 0 Å². The van der Waals surface area contributed by atoms with Crippen LogP contribution in [0.1, 0.15) is 13.3 Å². The number of hydrogen-bond donors (Lipinski definition) is 1. The molecule has 3 rings (SSSR count). The van der Waals surface area contributed by atoms with E-state index in [9.17, 15) is 0 Å². The van der Waals surface area contributed by atoms with Crippen molar-refractivity contribution >= 4 is 16.6 Å². The van der Waals surface area contributed by atoms with Gasteiger partial charge in [0.25, 0.3) is 0 Å². The number of anilines is 1. The molecule has 0 amide bonds. The number of hydrogen-bond acceptors (Lipinski definition) is 4. The summed E-state index contributed by atoms with van der Waals surface area (Å²) >= 11 is 0. The highest BCUT2D eigenvalue weighted by Gasteiger charge is 2.10. The lowest BCUT2D eigenvalue weighted by atomic mass is 10.1. The average molecular weight is 253 g/mol. The largest absolute Gasteiger partial charge is 0.382 e. The van der Waals surface area contributed by atoms with Gasteiger partial charge < -0.3 is 5.73 Å². The average Bonchev–Trinajstić information content (AvgIpc) is 2.88. The van der Waals surface area contributed by atoms with E-state index in [0.29, 0.717) is 5.82 Å². The van der Waals surface area contributed by atoms with E-state index in [1.807, 2.05) is 41.3 Å². The van der Waals surface area contributed by atoms with Crippen LogP contribution in [0.5, 0.6) is 0 Å². The first-order valence-corrected chi connectivity index (χ1v) is 6.33. The second-order valence-electron chi connectivity index (χ2n) is 4.47. The summed E-state index contributed by atoms with van der Waals surface area (Å²) in [6.07, 6.45) is 4.87. The molecule has 0 aliphatic rings. The summed E-state index contributed by atoms with van der Waals surface area (Å²) in [5.74, 6) is 0.459. The van der Waals surface area contributed by atoms with E-state index in [1.165, 1.54) is 0 Å². The highest BCUT2D eigenvalue weighted by molar-refractivity contribution is 5.99. The lowest BCUT2D eigenvalue weighted by Gasteiger charge is -2.04. The van der Waals surface area contributed by atoms with Crippen LogP contribution in [0.4, 0.5) is 5.82 Å². The molecule has 0 unspecified atom stereocenters. The van der Waals surface area contributed by atoms with E-state index in [4.69, 9.17) is 5.73 Å². The molecule has 1 aromatic carbocycles. The molecule has 0 aliphatic heterocycles. The molecule has 0 aliphatic carbocycles. The van der Waals surface area contributed by atoms with Crippen LogP contribution in [0.3, 0.4) is 0 Å². The Labute approximate surface area is 111 Å². The van der Waals surface area contributed by atoms with Crippen molar-refractivity contribution in [1.82, 2.24) is 20.0 Å². The van der Waals surface area contributed by atoms with Gasteiger partial charge in [-0.2, -0.15) is 5.10 Å². The second kappa shape index (κ2) is 4.68. The Morgan fingerprint density at radius 1 is 1.16 bits per heavy atom. The highest BCUT2D eigenvalue weighted by atomic mass is 15.3. The molecule has 96 valence electrons. The molecule has 0 spiro atoms. The van der Waals surface area contributed by atoms with Gasteiger partial charge in [0.1, 0.15) is 5.69 Å². The summed E-state index contributed by atoms with van der Waals surface area (Å²) in [6.45, 7) is 3.03. The summed E-state index contributed by atoms with van der Waals surface area (Å²) < 4.78 is 1.92. The number of nitrogens with two attached hydrogens (primary N) is 1. The minimum atomic E-state index is 0.459. The monoisotopic (exact) mass is 253 g/mol. The molecule has 5 nitrogen and oxygen atoms in total. The summed E-state index contributed by atoms with van der Waals surface area (Å²) in [4.78, 5) is 0. The van der Waals surface area contributed by atoms with Crippen LogP contribution in [-0.4, -0.2) is 20.0 Å². The van der Waals surface area contributed by atoms with Crippen molar-refractivity contribution in [3.8, 4) is 11.3 Å². The topological polar surface area (TPSA) is 69.6 Å². The molecule has 19 heavy (non-hydrogen) atoms. The van der Waals surface area contributed by atoms with Gasteiger partial charge in [-0.3, -0.25) is 4.68 Å². The van der Waals surface area contributed by atoms with Gasteiger partial charge in [0.05, 0.1) is 6.20 Å². The Kier molecular flexibility index (Phi) is 2.87. The van der Waals surface area contributed by atoms with Crippen molar-refractivity contribution in [3.05, 3.63) is 36.7 Å². The molecule has 0 radical (unpaired) electrons. The zero-order valence-corrected chi connectivity index (χ0v) is 10.7. The quantitative estimate of drug-likeness (QED) is 0.778. The number of aromatic nitrogens is 4. The number of rotatable bonds is 3. The van der Waals surface area contributed by atoms with Crippen LogP contribution in [0.2, 0.25) is 0 Å². The van der Waals surface area contributed by atoms with E-state index in [0.717, 1.165) is 35.0 Å². The maximum Gasteiger partial charge on any atom is 0.154 e. The van der Waals surface area contributed by atoms with E-state index in [-0.39, 0.29) is 0 Å². The van der Waals surface area contributed by atoms with Gasteiger partial charge in [-0.05, 0) is 6.42 Å². The first kappa shape index (κ1) is 11.6. The fraction of sp³-hybridized carbons (Fsp3) is 0.214. The third-order valence-corrected chi connectivity index (χ3v) is 3.08. The molecule has 3 aromatic rings. The first-order valence-electron chi connectivity index (χ1n) is 6.33. The fourth-order valence-electron chi connectivity index (χ4n) is 2.18. The highest BCUT2D eigenvalue weighted by Crippen LogP contribution is 2.27. The predicted molar refractivity (Wildman–Crippen MR) is 75.5 cm³/mol. The second-order valence-corrected chi connectivity index (χ2v) is 4.47. The lowest BCUT2D eigenvalue weighted by Crippen LogP contribution is -1.97. The molecule has 0 fully saturated rings. The van der Waals surface area contributed by atoms with Crippen LogP contribution in [0, 0.1) is 0 Å². The van der Waals surface area contributed by atoms with Crippen molar-refractivity contribution < 1.29 is 0 Å². The van der Waals surface area contributed by atoms with E-state index < -0.39 is 0 Å². The number of fused-ring (bicyclic) bond motifs is 1. The van der Waals surface area contributed by atoms with Gasteiger partial charge in [0.2, 0.25) is 0 Å². The minimum Gasteiger partial charge on any atom is -0.382 e. The molecule has 2 heterocycles. The van der Waals surface area contributed by atoms with Crippen LogP contribution in [0.25, 0.3) is 22.0 Å². The lowest BCUT2D eigenvalue weighted by molar-refractivity contribution is 0.603. The summed E-state index contributed by atoms with van der Waals surface area (Å²) in [5.41, 5.74) is 7.66. The zero-order valence-electron chi connectivity index (χ0n) is 10.7. The van der Waals surface area contributed by atoms with Crippen molar-refractivity contribution in [3.63, 3.8) is 0 Å². The summed E-state index contributed by atoms with van der Waals surface area (Å²) in [7, 11) is 0. The van der Waals surface area contributed by atoms with Crippen LogP contribution in [0.15, 0.2) is 36.7 Å². The maximum absolute atomic E-state index is 5.86. The molecular weight excluding hydrogens is 238 g/mol. The van der Waals surface area contributed by atoms with Crippen molar-refractivity contribution in [1.29, 1.82) is 0 Å². The fourth-order valence-corrected chi connectivity index (χ4v) is 2.18. The third-order valence-electron chi connectivity index (χ3n) is 3.08. The molecule has 0 saturated heterocycles. The smallest absolute Gasteiger partial charge is 0.154 e. The Hall–Kier alpha value is -2.43. The Bertz CT molecular complexity index is 717. The molecule has 5 heteroatoms. The van der Waals surface area contributed by atoms with Gasteiger partial charge in [-0.25, -0.2) is 0 Å². The molecule has 0 saturated carbocycles. The van der Waals surface area contributed by atoms with Gasteiger partial charge in [0, 0.05) is 29.1 Å². The first-order chi connectivity index (χ1) is 9.29. The maximum atomic E-state index is 5.86.